The third kappa shape index (κ3) is 3.81. The molecular formula is C21H29N5O3. The van der Waals surface area contributed by atoms with E-state index in [1.165, 1.54) is 4.52 Å². The minimum atomic E-state index is -0.532. The molecule has 0 saturated heterocycles. The zero-order valence-electron chi connectivity index (χ0n) is 17.5. The third-order valence-corrected chi connectivity index (χ3v) is 5.41. The van der Waals surface area contributed by atoms with Gasteiger partial charge in [0.15, 0.2) is 5.56 Å². The Kier molecular flexibility index (Phi) is 4.77. The Morgan fingerprint density at radius 3 is 2.66 bits per heavy atom. The van der Waals surface area contributed by atoms with Crippen molar-refractivity contribution >= 4 is 17.1 Å². The Balaban J connectivity index is 1.92. The average molecular weight is 399 g/mol. The number of hydrogen-bond acceptors (Lipinski definition) is 5. The van der Waals surface area contributed by atoms with Gasteiger partial charge in [-0.3, -0.25) is 14.2 Å². The van der Waals surface area contributed by atoms with E-state index in [2.05, 4.69) is 28.4 Å². The molecule has 2 N–H and O–H groups in total. The molecular weight excluding hydrogens is 370 g/mol. The summed E-state index contributed by atoms with van der Waals surface area (Å²) in [7, 11) is 2.06. The maximum atomic E-state index is 13.4. The topological polar surface area (TPSA) is 91.9 Å². The predicted octanol–water partition coefficient (Wildman–Crippen LogP) is 1.86. The molecule has 1 aliphatic carbocycles. The number of likely N-dealkylation sites (N-methyl/N-ethyl adjacent to an activating group) is 1. The van der Waals surface area contributed by atoms with Crippen molar-refractivity contribution in [1.82, 2.24) is 24.4 Å². The number of aromatic nitrogens is 3. The van der Waals surface area contributed by atoms with Gasteiger partial charge in [-0.2, -0.15) is 9.61 Å². The van der Waals surface area contributed by atoms with Crippen LogP contribution in [0.2, 0.25) is 0 Å². The van der Waals surface area contributed by atoms with Crippen molar-refractivity contribution in [3.63, 3.8) is 0 Å². The maximum absolute atomic E-state index is 13.4. The molecule has 2 aromatic rings. The van der Waals surface area contributed by atoms with E-state index < -0.39 is 17.3 Å². The number of nitrogens with one attached hydrogen (secondary N) is 1. The van der Waals surface area contributed by atoms with Crippen LogP contribution in [-0.4, -0.2) is 56.3 Å². The second-order valence-corrected chi connectivity index (χ2v) is 9.43. The van der Waals surface area contributed by atoms with E-state index in [9.17, 15) is 14.7 Å². The lowest BCUT2D eigenvalue weighted by atomic mass is 9.96. The van der Waals surface area contributed by atoms with Crippen molar-refractivity contribution in [2.45, 2.75) is 52.6 Å². The smallest absolute Gasteiger partial charge is 0.270 e. The number of carbonyl (C=O) groups excluding carboxylic acids is 1. The second-order valence-electron chi connectivity index (χ2n) is 9.43. The van der Waals surface area contributed by atoms with Gasteiger partial charge in [-0.05, 0) is 37.3 Å². The molecule has 2 aliphatic rings. The molecule has 8 heteroatoms. The fourth-order valence-corrected chi connectivity index (χ4v) is 3.74. The molecule has 0 bridgehead atoms. The summed E-state index contributed by atoms with van der Waals surface area (Å²) in [4.78, 5) is 28.3. The summed E-state index contributed by atoms with van der Waals surface area (Å²) in [6, 6.07) is 0.0885. The van der Waals surface area contributed by atoms with Gasteiger partial charge in [-0.1, -0.05) is 26.8 Å². The molecule has 156 valence electrons. The molecule has 1 fully saturated rings. The molecule has 1 aliphatic heterocycles. The molecule has 0 unspecified atom stereocenters. The van der Waals surface area contributed by atoms with Crippen molar-refractivity contribution < 1.29 is 9.90 Å². The molecule has 1 amide bonds. The maximum Gasteiger partial charge on any atom is 0.270 e. The lowest BCUT2D eigenvalue weighted by molar-refractivity contribution is 0.0944. The fourth-order valence-electron chi connectivity index (χ4n) is 3.74. The van der Waals surface area contributed by atoms with Gasteiger partial charge >= 0.3 is 0 Å². The van der Waals surface area contributed by atoms with E-state index in [1.54, 1.807) is 10.8 Å². The van der Waals surface area contributed by atoms with Gasteiger partial charge in [0.2, 0.25) is 5.88 Å². The summed E-state index contributed by atoms with van der Waals surface area (Å²) in [6.07, 6.45) is 6.47. The van der Waals surface area contributed by atoms with Crippen LogP contribution in [0.15, 0.2) is 17.1 Å². The number of aromatic hydroxyl groups is 1. The fraction of sp³-hybridized carbons (Fsp3) is 0.571. The minimum absolute atomic E-state index is 0.0885. The average Bonchev–Trinajstić information content (AvgIpc) is 3.33. The summed E-state index contributed by atoms with van der Waals surface area (Å²) >= 11 is 0. The van der Waals surface area contributed by atoms with Gasteiger partial charge in [0.1, 0.15) is 5.65 Å². The molecule has 2 aromatic heterocycles. The van der Waals surface area contributed by atoms with E-state index in [1.807, 2.05) is 20.8 Å². The van der Waals surface area contributed by atoms with Crippen molar-refractivity contribution in [2.24, 2.45) is 5.41 Å². The van der Waals surface area contributed by atoms with Gasteiger partial charge < -0.3 is 15.3 Å². The molecule has 1 saturated carbocycles. The molecule has 4 rings (SSSR count). The first-order chi connectivity index (χ1) is 13.7. The quantitative estimate of drug-likeness (QED) is 0.819. The molecule has 0 spiro atoms. The highest BCUT2D eigenvalue weighted by Crippen LogP contribution is 2.30. The largest absolute Gasteiger partial charge is 0.492 e. The Hall–Kier alpha value is -2.61. The molecule has 0 atom stereocenters. The monoisotopic (exact) mass is 399 g/mol. The molecule has 0 aromatic carbocycles. The van der Waals surface area contributed by atoms with Crippen LogP contribution >= 0.6 is 0 Å². The first-order valence-electron chi connectivity index (χ1n) is 10.2. The Morgan fingerprint density at radius 2 is 2.07 bits per heavy atom. The number of amides is 1. The summed E-state index contributed by atoms with van der Waals surface area (Å²) in [5, 5.41) is 18.0. The van der Waals surface area contributed by atoms with E-state index in [-0.39, 0.29) is 17.0 Å². The van der Waals surface area contributed by atoms with Crippen LogP contribution in [0.5, 0.6) is 5.88 Å². The highest BCUT2D eigenvalue weighted by molar-refractivity contribution is 5.97. The van der Waals surface area contributed by atoms with Gasteiger partial charge in [0.05, 0.1) is 6.20 Å². The van der Waals surface area contributed by atoms with E-state index in [0.717, 1.165) is 43.5 Å². The van der Waals surface area contributed by atoms with Gasteiger partial charge in [0.25, 0.3) is 11.5 Å². The molecule has 8 nitrogen and oxygen atoms in total. The van der Waals surface area contributed by atoms with E-state index in [4.69, 9.17) is 0 Å². The van der Waals surface area contributed by atoms with Crippen LogP contribution in [0, 0.1) is 5.41 Å². The summed E-state index contributed by atoms with van der Waals surface area (Å²) in [6.45, 7) is 8.27. The van der Waals surface area contributed by atoms with Gasteiger partial charge in [-0.15, -0.1) is 0 Å². The number of nitrogens with zero attached hydrogens (tertiary/aromatic N) is 4. The normalized spacial score (nSPS) is 18.1. The highest BCUT2D eigenvalue weighted by Gasteiger charge is 2.31. The number of carbonyl (C=O) groups is 1. The molecule has 3 heterocycles. The van der Waals surface area contributed by atoms with E-state index >= 15 is 0 Å². The van der Waals surface area contributed by atoms with Crippen molar-refractivity contribution in [3.05, 3.63) is 33.8 Å². The highest BCUT2D eigenvalue weighted by atomic mass is 16.3. The zero-order valence-corrected chi connectivity index (χ0v) is 17.5. The number of rotatable bonds is 4. The lowest BCUT2D eigenvalue weighted by Gasteiger charge is -2.24. The summed E-state index contributed by atoms with van der Waals surface area (Å²) in [5.74, 6) is -0.928. The summed E-state index contributed by atoms with van der Waals surface area (Å²) < 4.78 is 2.94. The first-order valence-corrected chi connectivity index (χ1v) is 10.2. The Morgan fingerprint density at radius 1 is 1.34 bits per heavy atom. The predicted molar refractivity (Wildman–Crippen MR) is 111 cm³/mol. The SMILES string of the molecule is CN1CC=C(c2cnn3c(O)c(C(=O)NC4CC4)c(=O)n(CC(C)(C)C)c23)CC1. The zero-order chi connectivity index (χ0) is 20.9. The lowest BCUT2D eigenvalue weighted by Crippen LogP contribution is -2.37. The second kappa shape index (κ2) is 7.02. The molecule has 0 radical (unpaired) electrons. The van der Waals surface area contributed by atoms with Crippen LogP contribution < -0.4 is 10.9 Å². The Labute approximate surface area is 169 Å². The van der Waals surface area contributed by atoms with Crippen LogP contribution in [0.1, 0.15) is 56.0 Å². The first kappa shape index (κ1) is 19.7. The van der Waals surface area contributed by atoms with Crippen LogP contribution in [0.25, 0.3) is 11.2 Å². The number of fused-ring (bicyclic) bond motifs is 1. The number of hydrogen-bond donors (Lipinski definition) is 2. The van der Waals surface area contributed by atoms with Crippen molar-refractivity contribution in [3.8, 4) is 5.88 Å². The standard InChI is InChI=1S/C21H29N5O3/c1-21(2,3)12-25-18-15(13-7-9-24(4)10-8-13)11-22-26(18)20(29)16(19(25)28)17(27)23-14-5-6-14/h7,11,14,29H,5-6,8-10,12H2,1-4H3,(H,23,27). The van der Waals surface area contributed by atoms with Gasteiger partial charge in [0, 0.05) is 31.2 Å². The van der Waals surface area contributed by atoms with E-state index in [0.29, 0.717) is 12.2 Å². The summed E-state index contributed by atoms with van der Waals surface area (Å²) in [5.41, 5.74) is 1.58. The van der Waals surface area contributed by atoms with Crippen LogP contribution in [-0.2, 0) is 6.54 Å². The minimum Gasteiger partial charge on any atom is -0.492 e. The van der Waals surface area contributed by atoms with Crippen LogP contribution in [0.4, 0.5) is 0 Å². The third-order valence-electron chi connectivity index (χ3n) is 5.41. The van der Waals surface area contributed by atoms with Crippen molar-refractivity contribution in [1.29, 1.82) is 0 Å². The molecule has 29 heavy (non-hydrogen) atoms. The Bertz CT molecular complexity index is 1050. The van der Waals surface area contributed by atoms with Crippen molar-refractivity contribution in [2.75, 3.05) is 20.1 Å². The van der Waals surface area contributed by atoms with Gasteiger partial charge in [-0.25, -0.2) is 0 Å². The van der Waals surface area contributed by atoms with Crippen LogP contribution in [0.3, 0.4) is 0 Å².